The summed E-state index contributed by atoms with van der Waals surface area (Å²) >= 11 is 6.45. The quantitative estimate of drug-likeness (QED) is 0.263. The van der Waals surface area contributed by atoms with Gasteiger partial charge in [0.2, 0.25) is 0 Å². The molecule has 2 aromatic carbocycles. The standard InChI is InChI=1S/C30H33ClN4O4/c1-33(28-5-3-2-4-26(28)31)29(36)35(27-9-7-22-6-8-24(20-25(22)27)39-30(37)38)19-14-21-12-17-34(18-13-21)23-10-15-32-16-11-23/h2-6,8,10-11,15-16,20-21,27H,7,9,12-14,17-19H2,1H3,(H,37,38). The molecule has 1 aromatic heterocycles. The summed E-state index contributed by atoms with van der Waals surface area (Å²) in [7, 11) is 1.75. The molecule has 0 saturated carbocycles. The van der Waals surface area contributed by atoms with Gasteiger partial charge in [-0.3, -0.25) is 9.88 Å². The first kappa shape index (κ1) is 26.8. The zero-order valence-electron chi connectivity index (χ0n) is 22.0. The lowest BCUT2D eigenvalue weighted by molar-refractivity contribution is 0.144. The summed E-state index contributed by atoms with van der Waals surface area (Å²) in [5.74, 6) is 0.773. The second-order valence-corrected chi connectivity index (χ2v) is 10.6. The van der Waals surface area contributed by atoms with E-state index in [0.29, 0.717) is 23.2 Å². The number of para-hydroxylation sites is 1. The van der Waals surface area contributed by atoms with Crippen LogP contribution in [0.5, 0.6) is 5.75 Å². The van der Waals surface area contributed by atoms with Crippen molar-refractivity contribution < 1.29 is 19.4 Å². The maximum Gasteiger partial charge on any atom is 0.511 e. The summed E-state index contributed by atoms with van der Waals surface area (Å²) in [6, 6.07) is 16.5. The van der Waals surface area contributed by atoms with Gasteiger partial charge in [-0.2, -0.15) is 0 Å². The summed E-state index contributed by atoms with van der Waals surface area (Å²) in [4.78, 5) is 35.2. The predicted molar refractivity (Wildman–Crippen MR) is 152 cm³/mol. The van der Waals surface area contributed by atoms with E-state index in [4.69, 9.17) is 21.4 Å². The fraction of sp³-hybridized carbons (Fsp3) is 0.367. The van der Waals surface area contributed by atoms with Gasteiger partial charge in [0, 0.05) is 44.8 Å². The fourth-order valence-corrected chi connectivity index (χ4v) is 6.07. The van der Waals surface area contributed by atoms with Crippen LogP contribution in [0.3, 0.4) is 0 Å². The summed E-state index contributed by atoms with van der Waals surface area (Å²) < 4.78 is 4.94. The SMILES string of the molecule is CN(C(=O)N(CCC1CCN(c2ccncc2)CC1)C1CCc2ccc(OC(=O)O)cc21)c1ccccc1Cl. The van der Waals surface area contributed by atoms with Crippen molar-refractivity contribution in [3.63, 3.8) is 0 Å². The number of carbonyl (C=O) groups excluding carboxylic acids is 1. The van der Waals surface area contributed by atoms with Crippen molar-refractivity contribution in [2.75, 3.05) is 36.5 Å². The lowest BCUT2D eigenvalue weighted by Crippen LogP contribution is -2.44. The van der Waals surface area contributed by atoms with Crippen LogP contribution in [0.15, 0.2) is 67.0 Å². The van der Waals surface area contributed by atoms with Gasteiger partial charge >= 0.3 is 12.2 Å². The Morgan fingerprint density at radius 2 is 1.82 bits per heavy atom. The van der Waals surface area contributed by atoms with Crippen molar-refractivity contribution in [2.45, 2.75) is 38.1 Å². The number of rotatable bonds is 7. The van der Waals surface area contributed by atoms with Gasteiger partial charge in [0.1, 0.15) is 5.75 Å². The third-order valence-corrected chi connectivity index (χ3v) is 8.23. The first-order valence-electron chi connectivity index (χ1n) is 13.4. The summed E-state index contributed by atoms with van der Waals surface area (Å²) in [6.45, 7) is 2.55. The van der Waals surface area contributed by atoms with Crippen molar-refractivity contribution in [2.24, 2.45) is 5.92 Å². The molecule has 1 N–H and O–H groups in total. The van der Waals surface area contributed by atoms with E-state index in [1.165, 1.54) is 5.69 Å². The van der Waals surface area contributed by atoms with E-state index >= 15 is 0 Å². The molecule has 1 fully saturated rings. The lowest BCUT2D eigenvalue weighted by Gasteiger charge is -2.37. The number of halogens is 1. The second kappa shape index (κ2) is 11.9. The van der Waals surface area contributed by atoms with E-state index in [1.54, 1.807) is 30.1 Å². The molecule has 2 heterocycles. The third-order valence-electron chi connectivity index (χ3n) is 7.91. The molecule has 204 valence electrons. The van der Waals surface area contributed by atoms with Gasteiger partial charge < -0.3 is 19.6 Å². The highest BCUT2D eigenvalue weighted by atomic mass is 35.5. The number of carboxylic acid groups (broad SMARTS) is 1. The molecule has 1 unspecified atom stereocenters. The van der Waals surface area contributed by atoms with Crippen molar-refractivity contribution >= 4 is 35.2 Å². The molecule has 2 amide bonds. The van der Waals surface area contributed by atoms with E-state index in [0.717, 1.165) is 56.3 Å². The first-order valence-corrected chi connectivity index (χ1v) is 13.8. The van der Waals surface area contributed by atoms with E-state index in [1.807, 2.05) is 53.7 Å². The Balaban J connectivity index is 1.34. The highest BCUT2D eigenvalue weighted by Gasteiger charge is 2.34. The number of hydrogen-bond acceptors (Lipinski definition) is 5. The van der Waals surface area contributed by atoms with Crippen LogP contribution >= 0.6 is 11.6 Å². The molecule has 5 rings (SSSR count). The number of ether oxygens (including phenoxy) is 1. The van der Waals surface area contributed by atoms with Crippen LogP contribution in [0.2, 0.25) is 5.02 Å². The minimum absolute atomic E-state index is 0.125. The maximum atomic E-state index is 14.0. The molecule has 2 aliphatic rings. The number of anilines is 2. The Bertz CT molecular complexity index is 1310. The molecule has 1 saturated heterocycles. The van der Waals surface area contributed by atoms with Crippen molar-refractivity contribution in [1.29, 1.82) is 0 Å². The average molecular weight is 549 g/mol. The molecule has 39 heavy (non-hydrogen) atoms. The van der Waals surface area contributed by atoms with Crippen molar-refractivity contribution in [3.05, 3.63) is 83.1 Å². The highest BCUT2D eigenvalue weighted by molar-refractivity contribution is 6.33. The van der Waals surface area contributed by atoms with Crippen LogP contribution in [0.4, 0.5) is 21.0 Å². The Kier molecular flexibility index (Phi) is 8.21. The molecular weight excluding hydrogens is 516 g/mol. The number of nitrogens with zero attached hydrogens (tertiary/aromatic N) is 4. The van der Waals surface area contributed by atoms with Crippen LogP contribution in [0, 0.1) is 5.92 Å². The largest absolute Gasteiger partial charge is 0.511 e. The normalized spacial score (nSPS) is 17.0. The number of hydrogen-bond donors (Lipinski definition) is 1. The van der Waals surface area contributed by atoms with Gasteiger partial charge in [-0.05, 0) is 85.5 Å². The topological polar surface area (TPSA) is 86.2 Å². The van der Waals surface area contributed by atoms with E-state index in [2.05, 4.69) is 9.88 Å². The van der Waals surface area contributed by atoms with Gasteiger partial charge in [0.25, 0.3) is 0 Å². The van der Waals surface area contributed by atoms with Gasteiger partial charge in [-0.1, -0.05) is 29.8 Å². The van der Waals surface area contributed by atoms with E-state index in [9.17, 15) is 9.59 Å². The average Bonchev–Trinajstić information content (AvgIpc) is 3.36. The Morgan fingerprint density at radius 3 is 2.54 bits per heavy atom. The van der Waals surface area contributed by atoms with Crippen molar-refractivity contribution in [1.82, 2.24) is 9.88 Å². The summed E-state index contributed by atoms with van der Waals surface area (Å²) in [5.41, 5.74) is 3.91. The van der Waals surface area contributed by atoms with Crippen LogP contribution in [0.25, 0.3) is 0 Å². The number of piperidine rings is 1. The Morgan fingerprint density at radius 1 is 1.08 bits per heavy atom. The zero-order valence-corrected chi connectivity index (χ0v) is 22.8. The molecule has 1 aliphatic heterocycles. The van der Waals surface area contributed by atoms with Gasteiger partial charge in [0.05, 0.1) is 16.8 Å². The molecular formula is C30H33ClN4O4. The van der Waals surface area contributed by atoms with Gasteiger partial charge in [-0.15, -0.1) is 0 Å². The zero-order chi connectivity index (χ0) is 27.4. The number of amides is 2. The third kappa shape index (κ3) is 6.11. The maximum absolute atomic E-state index is 14.0. The molecule has 0 bridgehead atoms. The number of aryl methyl sites for hydroxylation is 1. The molecule has 1 aliphatic carbocycles. The van der Waals surface area contributed by atoms with Crippen molar-refractivity contribution in [3.8, 4) is 5.75 Å². The first-order chi connectivity index (χ1) is 18.9. The summed E-state index contributed by atoms with van der Waals surface area (Å²) in [6.07, 6.45) is 6.90. The lowest BCUT2D eigenvalue weighted by atomic mass is 9.92. The number of benzene rings is 2. The van der Waals surface area contributed by atoms with Crippen LogP contribution in [0.1, 0.15) is 42.9 Å². The molecule has 9 heteroatoms. The smallest absolute Gasteiger partial charge is 0.449 e. The number of pyridine rings is 1. The Labute approximate surface area is 233 Å². The van der Waals surface area contributed by atoms with Crippen LogP contribution in [-0.4, -0.2) is 53.9 Å². The minimum atomic E-state index is -1.35. The van der Waals surface area contributed by atoms with Gasteiger partial charge in [0.15, 0.2) is 0 Å². The fourth-order valence-electron chi connectivity index (χ4n) is 5.81. The Hall–Kier alpha value is -3.78. The molecule has 8 nitrogen and oxygen atoms in total. The molecule has 0 spiro atoms. The molecule has 3 aromatic rings. The van der Waals surface area contributed by atoms with E-state index in [-0.39, 0.29) is 17.8 Å². The number of aromatic nitrogens is 1. The summed E-state index contributed by atoms with van der Waals surface area (Å²) in [5, 5.41) is 9.63. The number of carbonyl (C=O) groups is 2. The monoisotopic (exact) mass is 548 g/mol. The predicted octanol–water partition coefficient (Wildman–Crippen LogP) is 6.64. The van der Waals surface area contributed by atoms with E-state index < -0.39 is 6.16 Å². The molecule has 1 atom stereocenters. The molecule has 0 radical (unpaired) electrons. The van der Waals surface area contributed by atoms with Crippen LogP contribution < -0.4 is 14.5 Å². The second-order valence-electron chi connectivity index (χ2n) is 10.2. The number of urea groups is 1. The minimum Gasteiger partial charge on any atom is -0.449 e. The number of fused-ring (bicyclic) bond motifs is 1. The highest BCUT2D eigenvalue weighted by Crippen LogP contribution is 2.40. The van der Waals surface area contributed by atoms with Crippen LogP contribution in [-0.2, 0) is 6.42 Å². The van der Waals surface area contributed by atoms with Gasteiger partial charge in [-0.25, -0.2) is 9.59 Å².